The van der Waals surface area contributed by atoms with Crippen LogP contribution in [0.3, 0.4) is 0 Å². The van der Waals surface area contributed by atoms with Crippen LogP contribution in [0.2, 0.25) is 0 Å². The van der Waals surface area contributed by atoms with Crippen LogP contribution in [0.5, 0.6) is 0 Å². The third-order valence-electron chi connectivity index (χ3n) is 4.38. The predicted octanol–water partition coefficient (Wildman–Crippen LogP) is 3.63. The van der Waals surface area contributed by atoms with Gasteiger partial charge in [0.2, 0.25) is 23.5 Å². The number of aromatic nitrogens is 4. The zero-order valence-electron chi connectivity index (χ0n) is 16.0. The van der Waals surface area contributed by atoms with Crippen LogP contribution in [0.25, 0.3) is 22.8 Å². The van der Waals surface area contributed by atoms with Gasteiger partial charge in [0.15, 0.2) is 0 Å². The lowest BCUT2D eigenvalue weighted by Gasteiger charge is -2.09. The molecule has 0 fully saturated rings. The summed E-state index contributed by atoms with van der Waals surface area (Å²) >= 11 is 0. The van der Waals surface area contributed by atoms with Crippen LogP contribution in [0, 0.1) is 6.92 Å². The third-order valence-corrected chi connectivity index (χ3v) is 4.38. The van der Waals surface area contributed by atoms with E-state index in [1.807, 2.05) is 37.3 Å². The van der Waals surface area contributed by atoms with Crippen molar-refractivity contribution in [3.63, 3.8) is 0 Å². The van der Waals surface area contributed by atoms with E-state index < -0.39 is 0 Å². The Hall–Kier alpha value is -3.81. The second-order valence-electron chi connectivity index (χ2n) is 6.64. The third kappa shape index (κ3) is 4.21. The molecule has 0 bridgehead atoms. The van der Waals surface area contributed by atoms with E-state index in [0.717, 1.165) is 11.1 Å². The number of rotatable bonds is 6. The van der Waals surface area contributed by atoms with Crippen molar-refractivity contribution < 1.29 is 13.7 Å². The number of hydrogen-bond acceptors (Lipinski definition) is 7. The van der Waals surface area contributed by atoms with E-state index in [-0.39, 0.29) is 11.8 Å². The maximum Gasteiger partial charge on any atom is 0.251 e. The van der Waals surface area contributed by atoms with Crippen molar-refractivity contribution in [2.75, 3.05) is 6.54 Å². The maximum absolute atomic E-state index is 12.4. The Morgan fingerprint density at radius 2 is 1.79 bits per heavy atom. The first-order valence-electron chi connectivity index (χ1n) is 9.18. The highest BCUT2D eigenvalue weighted by Crippen LogP contribution is 2.20. The molecule has 1 atom stereocenters. The summed E-state index contributed by atoms with van der Waals surface area (Å²) in [5, 5.41) is 14.7. The average molecular weight is 389 g/mol. The Labute approximate surface area is 167 Å². The molecule has 0 spiro atoms. The summed E-state index contributed by atoms with van der Waals surface area (Å²) in [5.41, 5.74) is 2.18. The lowest BCUT2D eigenvalue weighted by Crippen LogP contribution is -2.27. The van der Waals surface area contributed by atoms with E-state index in [0.29, 0.717) is 35.6 Å². The van der Waals surface area contributed by atoms with Gasteiger partial charge in [-0.25, -0.2) is 0 Å². The van der Waals surface area contributed by atoms with Gasteiger partial charge in [-0.1, -0.05) is 42.4 Å². The summed E-state index contributed by atoms with van der Waals surface area (Å²) in [4.78, 5) is 16.9. The molecule has 146 valence electrons. The van der Waals surface area contributed by atoms with E-state index in [1.165, 1.54) is 0 Å². The van der Waals surface area contributed by atoms with E-state index in [1.54, 1.807) is 31.2 Å². The van der Waals surface area contributed by atoms with Crippen molar-refractivity contribution in [3.05, 3.63) is 71.9 Å². The van der Waals surface area contributed by atoms with Gasteiger partial charge in [0.1, 0.15) is 0 Å². The summed E-state index contributed by atoms with van der Waals surface area (Å²) in [6.45, 7) is 4.02. The van der Waals surface area contributed by atoms with Gasteiger partial charge in [0.25, 0.3) is 5.91 Å². The highest BCUT2D eigenvalue weighted by Gasteiger charge is 2.17. The van der Waals surface area contributed by atoms with Crippen molar-refractivity contribution >= 4 is 5.91 Å². The van der Waals surface area contributed by atoms with Crippen LogP contribution >= 0.6 is 0 Å². The molecule has 2 aromatic heterocycles. The number of hydrogen-bond donors (Lipinski definition) is 1. The molecular weight excluding hydrogens is 370 g/mol. The second kappa shape index (κ2) is 8.05. The minimum absolute atomic E-state index is 0.121. The Kier molecular flexibility index (Phi) is 5.15. The zero-order chi connectivity index (χ0) is 20.2. The first-order valence-corrected chi connectivity index (χ1v) is 9.18. The Balaban J connectivity index is 1.36. The minimum atomic E-state index is -0.187. The normalized spacial score (nSPS) is 11.9. The monoisotopic (exact) mass is 389 g/mol. The highest BCUT2D eigenvalue weighted by molar-refractivity contribution is 5.94. The van der Waals surface area contributed by atoms with Crippen LogP contribution < -0.4 is 5.32 Å². The second-order valence-corrected chi connectivity index (χ2v) is 6.64. The van der Waals surface area contributed by atoms with Gasteiger partial charge in [-0.15, -0.1) is 10.2 Å². The van der Waals surface area contributed by atoms with Gasteiger partial charge in [-0.2, -0.15) is 4.98 Å². The number of carbonyl (C=O) groups is 1. The van der Waals surface area contributed by atoms with Crippen LogP contribution in [-0.2, 0) is 0 Å². The van der Waals surface area contributed by atoms with Gasteiger partial charge in [0, 0.05) is 30.2 Å². The van der Waals surface area contributed by atoms with Crippen LogP contribution in [0.4, 0.5) is 0 Å². The molecule has 1 unspecified atom stereocenters. The maximum atomic E-state index is 12.4. The van der Waals surface area contributed by atoms with Crippen molar-refractivity contribution in [1.29, 1.82) is 0 Å². The van der Waals surface area contributed by atoms with E-state index in [9.17, 15) is 4.79 Å². The summed E-state index contributed by atoms with van der Waals surface area (Å²) in [5.74, 6) is 1.62. The topological polar surface area (TPSA) is 107 Å². The van der Waals surface area contributed by atoms with Gasteiger partial charge in [0.05, 0.1) is 5.92 Å². The lowest BCUT2D eigenvalue weighted by molar-refractivity contribution is 0.0950. The minimum Gasteiger partial charge on any atom is -0.421 e. The van der Waals surface area contributed by atoms with E-state index in [4.69, 9.17) is 8.94 Å². The summed E-state index contributed by atoms with van der Waals surface area (Å²) < 4.78 is 10.7. The van der Waals surface area contributed by atoms with Crippen molar-refractivity contribution in [1.82, 2.24) is 25.7 Å². The molecule has 0 aliphatic rings. The number of benzene rings is 2. The number of aryl methyl sites for hydroxylation is 1. The number of amides is 1. The standard InChI is InChI=1S/C21H19N5O3/c1-13(20-23-18(26-29-20)15-6-4-3-5-7-15)12-22-19(27)16-8-10-17(11-9-16)21-25-24-14(2)28-21/h3-11,13H,12H2,1-2H3,(H,22,27). The highest BCUT2D eigenvalue weighted by atomic mass is 16.5. The molecule has 4 rings (SSSR count). The van der Waals surface area contributed by atoms with Crippen LogP contribution in [0.1, 0.15) is 35.0 Å². The smallest absolute Gasteiger partial charge is 0.251 e. The first-order chi connectivity index (χ1) is 14.1. The largest absolute Gasteiger partial charge is 0.421 e. The SMILES string of the molecule is Cc1nnc(-c2ccc(C(=O)NCC(C)c3nc(-c4ccccc4)no3)cc2)o1. The molecule has 0 saturated carbocycles. The van der Waals surface area contributed by atoms with Crippen molar-refractivity contribution in [3.8, 4) is 22.8 Å². The molecule has 0 aliphatic carbocycles. The summed E-state index contributed by atoms with van der Waals surface area (Å²) in [6.07, 6.45) is 0. The Bertz CT molecular complexity index is 1100. The molecule has 4 aromatic rings. The van der Waals surface area contributed by atoms with E-state index >= 15 is 0 Å². The number of nitrogens with one attached hydrogen (secondary N) is 1. The predicted molar refractivity (Wildman–Crippen MR) is 105 cm³/mol. The molecular formula is C21H19N5O3. The molecule has 8 nitrogen and oxygen atoms in total. The number of carbonyl (C=O) groups excluding carboxylic acids is 1. The fraction of sp³-hybridized carbons (Fsp3) is 0.190. The van der Waals surface area contributed by atoms with Crippen molar-refractivity contribution in [2.24, 2.45) is 0 Å². The van der Waals surface area contributed by atoms with E-state index in [2.05, 4.69) is 25.7 Å². The molecule has 8 heteroatoms. The Morgan fingerprint density at radius 3 is 2.48 bits per heavy atom. The lowest BCUT2D eigenvalue weighted by atomic mass is 10.1. The molecule has 0 aliphatic heterocycles. The fourth-order valence-electron chi connectivity index (χ4n) is 2.75. The quantitative estimate of drug-likeness (QED) is 0.536. The first kappa shape index (κ1) is 18.5. The molecule has 1 N–H and O–H groups in total. The fourth-order valence-corrected chi connectivity index (χ4v) is 2.75. The molecule has 0 radical (unpaired) electrons. The van der Waals surface area contributed by atoms with Gasteiger partial charge in [-0.3, -0.25) is 4.79 Å². The number of nitrogens with zero attached hydrogens (tertiary/aromatic N) is 4. The average Bonchev–Trinajstić information content (AvgIpc) is 3.42. The van der Waals surface area contributed by atoms with Crippen LogP contribution in [0.15, 0.2) is 63.5 Å². The molecule has 2 aromatic carbocycles. The molecule has 1 amide bonds. The van der Waals surface area contributed by atoms with Gasteiger partial charge >= 0.3 is 0 Å². The van der Waals surface area contributed by atoms with Gasteiger partial charge in [-0.05, 0) is 24.3 Å². The van der Waals surface area contributed by atoms with Crippen LogP contribution in [-0.4, -0.2) is 32.8 Å². The molecule has 29 heavy (non-hydrogen) atoms. The molecule has 2 heterocycles. The summed E-state index contributed by atoms with van der Waals surface area (Å²) in [7, 11) is 0. The molecule has 0 saturated heterocycles. The zero-order valence-corrected chi connectivity index (χ0v) is 16.0. The van der Waals surface area contributed by atoms with Crippen molar-refractivity contribution in [2.45, 2.75) is 19.8 Å². The summed E-state index contributed by atoms with van der Waals surface area (Å²) in [6, 6.07) is 16.6. The van der Waals surface area contributed by atoms with Gasteiger partial charge < -0.3 is 14.3 Å². The Morgan fingerprint density at radius 1 is 1.03 bits per heavy atom.